The molecule has 0 aliphatic carbocycles. The summed E-state index contributed by atoms with van der Waals surface area (Å²) in [5, 5.41) is 31.1. The van der Waals surface area contributed by atoms with E-state index in [1.165, 1.54) is 23.5 Å². The number of nitrogens with one attached hydrogen (secondary N) is 1. The molecule has 0 spiro atoms. The number of aromatic hydroxyl groups is 2. The Bertz CT molecular complexity index is 499. The van der Waals surface area contributed by atoms with Crippen LogP contribution in [0.1, 0.15) is 6.92 Å². The summed E-state index contributed by atoms with van der Waals surface area (Å²) in [6.45, 7) is 2.75. The molecule has 0 atom stereocenters. The van der Waals surface area contributed by atoms with Crippen LogP contribution in [0, 0.1) is 0 Å². The fraction of sp³-hybridized carbons (Fsp3) is 0.200. The van der Waals surface area contributed by atoms with Crippen LogP contribution in [0.5, 0.6) is 11.5 Å². The minimum atomic E-state index is -0.000742. The molecule has 3 N–H and O–H groups in total. The fourth-order valence-electron chi connectivity index (χ4n) is 1.26. The largest absolute Gasteiger partial charge is 0.508 e. The number of benzene rings is 1. The molecule has 84 valence electrons. The topological polar surface area (TPSA) is 78.3 Å². The van der Waals surface area contributed by atoms with Crippen molar-refractivity contribution in [2.75, 3.05) is 11.9 Å². The van der Waals surface area contributed by atoms with Gasteiger partial charge >= 0.3 is 0 Å². The van der Waals surface area contributed by atoms with Gasteiger partial charge in [-0.2, -0.15) is 0 Å². The van der Waals surface area contributed by atoms with Crippen molar-refractivity contribution in [2.45, 2.75) is 6.92 Å². The number of hydrogen-bond acceptors (Lipinski definition) is 6. The molecule has 0 amide bonds. The average molecular weight is 237 g/mol. The molecule has 0 saturated carbocycles. The lowest BCUT2D eigenvalue weighted by atomic mass is 10.2. The van der Waals surface area contributed by atoms with Crippen LogP contribution in [-0.2, 0) is 0 Å². The molecular formula is C10H11N3O2S. The highest BCUT2D eigenvalue weighted by atomic mass is 32.1. The molecule has 0 radical (unpaired) electrons. The zero-order valence-electron chi connectivity index (χ0n) is 8.64. The Balaban J connectivity index is 2.35. The van der Waals surface area contributed by atoms with E-state index in [4.69, 9.17) is 5.11 Å². The molecule has 0 aliphatic rings. The number of rotatable bonds is 3. The first-order chi connectivity index (χ1) is 7.70. The van der Waals surface area contributed by atoms with Gasteiger partial charge in [-0.1, -0.05) is 11.3 Å². The number of hydrogen-bond donors (Lipinski definition) is 3. The number of aromatic nitrogens is 2. The van der Waals surface area contributed by atoms with E-state index in [1.54, 1.807) is 6.07 Å². The Kier molecular flexibility index (Phi) is 2.91. The summed E-state index contributed by atoms with van der Waals surface area (Å²) in [5.74, 6) is 0.0249. The molecule has 0 bridgehead atoms. The molecule has 0 unspecified atom stereocenters. The second kappa shape index (κ2) is 4.36. The molecule has 1 heterocycles. The van der Waals surface area contributed by atoms with Crippen molar-refractivity contribution in [2.24, 2.45) is 0 Å². The lowest BCUT2D eigenvalue weighted by Gasteiger charge is -2.00. The van der Waals surface area contributed by atoms with E-state index in [0.29, 0.717) is 15.7 Å². The van der Waals surface area contributed by atoms with Crippen molar-refractivity contribution in [1.82, 2.24) is 10.2 Å². The maximum atomic E-state index is 9.64. The fourth-order valence-corrected chi connectivity index (χ4v) is 2.10. The zero-order chi connectivity index (χ0) is 11.5. The Morgan fingerprint density at radius 3 is 2.81 bits per heavy atom. The first-order valence-electron chi connectivity index (χ1n) is 4.80. The predicted molar refractivity (Wildman–Crippen MR) is 62.8 cm³/mol. The molecule has 1 aromatic heterocycles. The molecule has 2 aromatic rings. The summed E-state index contributed by atoms with van der Waals surface area (Å²) in [7, 11) is 0. The van der Waals surface area contributed by atoms with Crippen LogP contribution in [-0.4, -0.2) is 27.0 Å². The van der Waals surface area contributed by atoms with E-state index in [2.05, 4.69) is 15.5 Å². The van der Waals surface area contributed by atoms with Crippen molar-refractivity contribution < 1.29 is 10.2 Å². The standard InChI is InChI=1S/C10H11N3O2S/c1-2-11-10-13-12-9(16-10)7-4-3-6(14)5-8(7)15/h3-5,14-15H,2H2,1H3,(H,11,13). The van der Waals surface area contributed by atoms with Crippen LogP contribution >= 0.6 is 11.3 Å². The molecule has 0 saturated heterocycles. The van der Waals surface area contributed by atoms with Gasteiger partial charge in [0, 0.05) is 12.6 Å². The highest BCUT2D eigenvalue weighted by Crippen LogP contribution is 2.34. The summed E-state index contributed by atoms with van der Waals surface area (Å²) in [6.07, 6.45) is 0. The quantitative estimate of drug-likeness (QED) is 0.761. The van der Waals surface area contributed by atoms with Crippen molar-refractivity contribution in [1.29, 1.82) is 0 Å². The van der Waals surface area contributed by atoms with E-state index in [1.807, 2.05) is 6.92 Å². The van der Waals surface area contributed by atoms with Gasteiger partial charge in [-0.25, -0.2) is 0 Å². The Hall–Kier alpha value is -1.82. The lowest BCUT2D eigenvalue weighted by molar-refractivity contribution is 0.452. The molecule has 6 heteroatoms. The van der Waals surface area contributed by atoms with E-state index >= 15 is 0 Å². The lowest BCUT2D eigenvalue weighted by Crippen LogP contribution is -1.94. The van der Waals surface area contributed by atoms with Gasteiger partial charge in [-0.3, -0.25) is 0 Å². The van der Waals surface area contributed by atoms with Gasteiger partial charge in [-0.05, 0) is 19.1 Å². The number of anilines is 1. The predicted octanol–water partition coefficient (Wildman–Crippen LogP) is 2.05. The summed E-state index contributed by atoms with van der Waals surface area (Å²) in [5.41, 5.74) is 0.569. The van der Waals surface area contributed by atoms with E-state index in [0.717, 1.165) is 6.54 Å². The SMILES string of the molecule is CCNc1nnc(-c2ccc(O)cc2O)s1. The van der Waals surface area contributed by atoms with Crippen LogP contribution in [0.2, 0.25) is 0 Å². The molecular weight excluding hydrogens is 226 g/mol. The minimum absolute atomic E-state index is 0.000742. The second-order valence-electron chi connectivity index (χ2n) is 3.14. The molecule has 2 rings (SSSR count). The number of phenols is 2. The summed E-state index contributed by atoms with van der Waals surface area (Å²) in [6, 6.07) is 4.40. The summed E-state index contributed by atoms with van der Waals surface area (Å²) in [4.78, 5) is 0. The van der Waals surface area contributed by atoms with Gasteiger partial charge in [0.2, 0.25) is 5.13 Å². The van der Waals surface area contributed by atoms with Crippen molar-refractivity contribution >= 4 is 16.5 Å². The number of nitrogens with zero attached hydrogens (tertiary/aromatic N) is 2. The molecule has 5 nitrogen and oxygen atoms in total. The summed E-state index contributed by atoms with van der Waals surface area (Å²) >= 11 is 1.36. The molecule has 1 aromatic carbocycles. The van der Waals surface area contributed by atoms with Gasteiger partial charge in [0.25, 0.3) is 0 Å². The maximum Gasteiger partial charge on any atom is 0.205 e. The Morgan fingerprint density at radius 2 is 2.12 bits per heavy atom. The van der Waals surface area contributed by atoms with Gasteiger partial charge in [-0.15, -0.1) is 10.2 Å². The Labute approximate surface area is 96.4 Å². The minimum Gasteiger partial charge on any atom is -0.508 e. The van der Waals surface area contributed by atoms with Crippen molar-refractivity contribution in [3.8, 4) is 22.1 Å². The van der Waals surface area contributed by atoms with E-state index < -0.39 is 0 Å². The maximum absolute atomic E-state index is 9.64. The molecule has 0 aliphatic heterocycles. The number of phenolic OH excluding ortho intramolecular Hbond substituents is 2. The third-order valence-electron chi connectivity index (χ3n) is 1.96. The summed E-state index contributed by atoms with van der Waals surface area (Å²) < 4.78 is 0. The molecule has 0 fully saturated rings. The van der Waals surface area contributed by atoms with E-state index in [9.17, 15) is 5.11 Å². The van der Waals surface area contributed by atoms with E-state index in [-0.39, 0.29) is 11.5 Å². The zero-order valence-corrected chi connectivity index (χ0v) is 9.45. The van der Waals surface area contributed by atoms with Crippen LogP contribution in [0.4, 0.5) is 5.13 Å². The van der Waals surface area contributed by atoms with Crippen LogP contribution < -0.4 is 5.32 Å². The Morgan fingerprint density at radius 1 is 1.31 bits per heavy atom. The monoisotopic (exact) mass is 237 g/mol. The van der Waals surface area contributed by atoms with Crippen LogP contribution in [0.25, 0.3) is 10.6 Å². The van der Waals surface area contributed by atoms with Gasteiger partial charge < -0.3 is 15.5 Å². The smallest absolute Gasteiger partial charge is 0.205 e. The van der Waals surface area contributed by atoms with Crippen LogP contribution in [0.15, 0.2) is 18.2 Å². The average Bonchev–Trinajstić information content (AvgIpc) is 2.67. The third-order valence-corrected chi connectivity index (χ3v) is 2.88. The van der Waals surface area contributed by atoms with Crippen LogP contribution in [0.3, 0.4) is 0 Å². The van der Waals surface area contributed by atoms with Gasteiger partial charge in [0.05, 0.1) is 5.56 Å². The highest BCUT2D eigenvalue weighted by Gasteiger charge is 2.10. The van der Waals surface area contributed by atoms with Gasteiger partial charge in [0.15, 0.2) is 5.01 Å². The second-order valence-corrected chi connectivity index (χ2v) is 4.12. The highest BCUT2D eigenvalue weighted by molar-refractivity contribution is 7.18. The normalized spacial score (nSPS) is 10.3. The van der Waals surface area contributed by atoms with Gasteiger partial charge in [0.1, 0.15) is 11.5 Å². The first kappa shape index (κ1) is 10.7. The van der Waals surface area contributed by atoms with Crippen molar-refractivity contribution in [3.63, 3.8) is 0 Å². The third kappa shape index (κ3) is 2.06. The van der Waals surface area contributed by atoms with Crippen molar-refractivity contribution in [3.05, 3.63) is 18.2 Å². The first-order valence-corrected chi connectivity index (χ1v) is 5.62. The molecule has 16 heavy (non-hydrogen) atoms.